The molecule has 0 atom stereocenters. The molecule has 1 N–H and O–H groups in total. The number of rotatable bonds is 5. The third-order valence-electron chi connectivity index (χ3n) is 8.79. The summed E-state index contributed by atoms with van der Waals surface area (Å²) < 4.78 is 1.83. The van der Waals surface area contributed by atoms with E-state index in [1.807, 2.05) is 20.5 Å². The first-order chi connectivity index (χ1) is 18.5. The highest BCUT2D eigenvalue weighted by atomic mass is 16.2. The number of aryl methyl sites for hydroxylation is 1. The molecule has 1 aliphatic carbocycles. The van der Waals surface area contributed by atoms with Crippen molar-refractivity contribution in [2.24, 2.45) is 0 Å². The van der Waals surface area contributed by atoms with Crippen molar-refractivity contribution in [2.75, 3.05) is 44.2 Å². The number of carbonyl (C=O) groups is 2. The Bertz CT molecular complexity index is 1310. The summed E-state index contributed by atoms with van der Waals surface area (Å²) in [5, 5.41) is 11.9. The van der Waals surface area contributed by atoms with E-state index in [0.29, 0.717) is 37.8 Å². The predicted octanol–water partition coefficient (Wildman–Crippen LogP) is 3.08. The molecule has 3 aromatic rings. The Balaban J connectivity index is 1.09. The lowest BCUT2D eigenvalue weighted by atomic mass is 9.93. The third-order valence-corrected chi connectivity index (χ3v) is 8.79. The van der Waals surface area contributed by atoms with Crippen molar-refractivity contribution in [1.29, 1.82) is 0 Å². The van der Waals surface area contributed by atoms with Crippen LogP contribution in [0.2, 0.25) is 0 Å². The van der Waals surface area contributed by atoms with Crippen LogP contribution < -0.4 is 4.90 Å². The first kappa shape index (κ1) is 24.7. The van der Waals surface area contributed by atoms with Crippen LogP contribution in [-0.4, -0.2) is 80.9 Å². The van der Waals surface area contributed by atoms with E-state index in [2.05, 4.69) is 47.1 Å². The van der Waals surface area contributed by atoms with Crippen LogP contribution in [0.4, 0.5) is 5.69 Å². The van der Waals surface area contributed by atoms with Gasteiger partial charge >= 0.3 is 0 Å². The zero-order valence-corrected chi connectivity index (χ0v) is 22.4. The Morgan fingerprint density at radius 1 is 0.974 bits per heavy atom. The summed E-state index contributed by atoms with van der Waals surface area (Å²) in [4.78, 5) is 33.1. The van der Waals surface area contributed by atoms with Gasteiger partial charge in [0, 0.05) is 74.0 Å². The second-order valence-electron chi connectivity index (χ2n) is 11.0. The van der Waals surface area contributed by atoms with Crippen molar-refractivity contribution in [1.82, 2.24) is 29.8 Å². The number of hydrogen-bond acceptors (Lipinski definition) is 5. The molecule has 0 saturated carbocycles. The Morgan fingerprint density at radius 3 is 2.50 bits per heavy atom. The molecular weight excluding hydrogens is 478 g/mol. The van der Waals surface area contributed by atoms with Gasteiger partial charge in [0.25, 0.3) is 5.91 Å². The van der Waals surface area contributed by atoms with Crippen LogP contribution in [0.1, 0.15) is 63.7 Å². The molecule has 0 unspecified atom stereocenters. The molecule has 2 aromatic heterocycles. The topological polar surface area (TPSA) is 90.4 Å². The minimum absolute atomic E-state index is 0.0135. The number of piperazine rings is 1. The molecule has 9 nitrogen and oxygen atoms in total. The molecule has 9 heteroatoms. The summed E-state index contributed by atoms with van der Waals surface area (Å²) in [6.45, 7) is 9.00. The minimum Gasteiger partial charge on any atom is -0.368 e. The fraction of sp³-hybridized carbons (Fsp3) is 0.517. The number of likely N-dealkylation sites (tertiary alicyclic amines) is 1. The molecular formula is C29H37N7O2. The van der Waals surface area contributed by atoms with Crippen molar-refractivity contribution in [3.63, 3.8) is 0 Å². The summed E-state index contributed by atoms with van der Waals surface area (Å²) in [6, 6.07) is 8.44. The Morgan fingerprint density at radius 2 is 1.76 bits per heavy atom. The number of aromatic nitrogens is 4. The van der Waals surface area contributed by atoms with Crippen LogP contribution >= 0.6 is 0 Å². The van der Waals surface area contributed by atoms with E-state index in [1.165, 1.54) is 16.8 Å². The second-order valence-corrected chi connectivity index (χ2v) is 11.0. The maximum Gasteiger partial charge on any atom is 0.274 e. The number of anilines is 1. The molecule has 2 fully saturated rings. The Hall–Kier alpha value is -3.62. The maximum absolute atomic E-state index is 13.5. The largest absolute Gasteiger partial charge is 0.368 e. The van der Waals surface area contributed by atoms with E-state index in [0.717, 1.165) is 62.1 Å². The van der Waals surface area contributed by atoms with Crippen molar-refractivity contribution in [3.8, 4) is 0 Å². The molecule has 200 valence electrons. The van der Waals surface area contributed by atoms with Gasteiger partial charge in [-0.2, -0.15) is 10.2 Å². The van der Waals surface area contributed by atoms with E-state index in [9.17, 15) is 9.59 Å². The Labute approximate surface area is 223 Å². The molecule has 0 spiro atoms. The van der Waals surface area contributed by atoms with Gasteiger partial charge < -0.3 is 14.7 Å². The fourth-order valence-corrected chi connectivity index (χ4v) is 6.35. The molecule has 38 heavy (non-hydrogen) atoms. The van der Waals surface area contributed by atoms with Crippen molar-refractivity contribution in [3.05, 3.63) is 64.2 Å². The number of hydrogen-bond donors (Lipinski definition) is 1. The molecule has 1 aromatic carbocycles. The number of aromatic amines is 1. The molecule has 2 amide bonds. The van der Waals surface area contributed by atoms with Gasteiger partial charge in [0.15, 0.2) is 5.69 Å². The van der Waals surface area contributed by atoms with E-state index in [-0.39, 0.29) is 18.4 Å². The molecule has 2 aliphatic heterocycles. The highest BCUT2D eigenvalue weighted by Crippen LogP contribution is 2.30. The van der Waals surface area contributed by atoms with Crippen molar-refractivity contribution in [2.45, 2.75) is 58.4 Å². The zero-order valence-electron chi connectivity index (χ0n) is 22.4. The summed E-state index contributed by atoms with van der Waals surface area (Å²) >= 11 is 0. The Kier molecular flexibility index (Phi) is 6.68. The van der Waals surface area contributed by atoms with Crippen molar-refractivity contribution >= 4 is 17.5 Å². The number of benzene rings is 1. The number of amides is 2. The molecule has 6 rings (SSSR count). The number of nitrogens with one attached hydrogen (secondary N) is 1. The second kappa shape index (κ2) is 10.3. The lowest BCUT2D eigenvalue weighted by Crippen LogP contribution is -2.50. The maximum atomic E-state index is 13.5. The van der Waals surface area contributed by atoms with E-state index in [1.54, 1.807) is 6.20 Å². The average molecular weight is 516 g/mol. The summed E-state index contributed by atoms with van der Waals surface area (Å²) in [7, 11) is 0. The van der Waals surface area contributed by atoms with Gasteiger partial charge in [-0.25, -0.2) is 0 Å². The highest BCUT2D eigenvalue weighted by Gasteiger charge is 2.33. The number of nitrogens with zero attached hydrogens (tertiary/aromatic N) is 6. The van der Waals surface area contributed by atoms with Gasteiger partial charge in [-0.05, 0) is 69.2 Å². The first-order valence-corrected chi connectivity index (χ1v) is 14.0. The molecule has 2 saturated heterocycles. The molecule has 0 radical (unpaired) electrons. The number of fused-ring (bicyclic) bond motifs is 1. The van der Waals surface area contributed by atoms with Gasteiger partial charge in [-0.15, -0.1) is 0 Å². The van der Waals surface area contributed by atoms with Crippen LogP contribution in [-0.2, 0) is 24.2 Å². The summed E-state index contributed by atoms with van der Waals surface area (Å²) in [5.74, 6) is 0.513. The molecule has 3 aliphatic rings. The smallest absolute Gasteiger partial charge is 0.274 e. The van der Waals surface area contributed by atoms with E-state index in [4.69, 9.17) is 5.10 Å². The number of H-pyrrole nitrogens is 1. The molecule has 4 heterocycles. The third kappa shape index (κ3) is 4.59. The van der Waals surface area contributed by atoms with Crippen LogP contribution in [0.3, 0.4) is 0 Å². The van der Waals surface area contributed by atoms with E-state index < -0.39 is 0 Å². The SMILES string of the molecule is Cc1cccc(N2CCN(C(=O)Cn3nc(C(=O)N4CCC(c5ccn[nH]5)CC4)c4c3CCC4)CC2)c1C. The summed E-state index contributed by atoms with van der Waals surface area (Å²) in [5.41, 5.74) is 7.70. The average Bonchev–Trinajstić information content (AvgIpc) is 3.70. The number of piperidine rings is 1. The monoisotopic (exact) mass is 515 g/mol. The molecule has 0 bridgehead atoms. The van der Waals surface area contributed by atoms with Crippen LogP contribution in [0.25, 0.3) is 0 Å². The quantitative estimate of drug-likeness (QED) is 0.564. The zero-order chi connectivity index (χ0) is 26.2. The van der Waals surface area contributed by atoms with Gasteiger partial charge in [-0.3, -0.25) is 19.4 Å². The van der Waals surface area contributed by atoms with E-state index >= 15 is 0 Å². The summed E-state index contributed by atoms with van der Waals surface area (Å²) in [6.07, 6.45) is 6.38. The van der Waals surface area contributed by atoms with Crippen molar-refractivity contribution < 1.29 is 9.59 Å². The standard InChI is InChI=1S/C29H37N7O2/c1-20-5-3-7-25(21(20)2)33-15-17-34(18-16-33)27(37)19-36-26-8-4-6-23(26)28(32-36)29(38)35-13-10-22(11-14-35)24-9-12-30-31-24/h3,5,7,9,12,22H,4,6,8,10-11,13-19H2,1-2H3,(H,30,31). The van der Waals surface area contributed by atoms with Crippen LogP contribution in [0, 0.1) is 13.8 Å². The van der Waals surface area contributed by atoms with Crippen LogP contribution in [0.15, 0.2) is 30.5 Å². The predicted molar refractivity (Wildman–Crippen MR) is 145 cm³/mol. The normalized spacial score (nSPS) is 18.2. The van der Waals surface area contributed by atoms with Gasteiger partial charge in [-0.1, -0.05) is 12.1 Å². The fourth-order valence-electron chi connectivity index (χ4n) is 6.35. The van der Waals surface area contributed by atoms with Crippen LogP contribution in [0.5, 0.6) is 0 Å². The van der Waals surface area contributed by atoms with Gasteiger partial charge in [0.2, 0.25) is 5.91 Å². The minimum atomic E-state index is 0.0135. The van der Waals surface area contributed by atoms with Gasteiger partial charge in [0.05, 0.1) is 0 Å². The number of carbonyl (C=O) groups excluding carboxylic acids is 2. The highest BCUT2D eigenvalue weighted by molar-refractivity contribution is 5.94. The lowest BCUT2D eigenvalue weighted by Gasteiger charge is -2.37. The lowest BCUT2D eigenvalue weighted by molar-refractivity contribution is -0.132. The van der Waals surface area contributed by atoms with Gasteiger partial charge in [0.1, 0.15) is 6.54 Å². The first-order valence-electron chi connectivity index (χ1n) is 14.0.